The Kier molecular flexibility index (Phi) is 8.13. The highest BCUT2D eigenvalue weighted by molar-refractivity contribution is 5.91. The van der Waals surface area contributed by atoms with E-state index in [4.69, 9.17) is 18.7 Å². The molecule has 174 valence electrons. The summed E-state index contributed by atoms with van der Waals surface area (Å²) in [5, 5.41) is 3.94. The fourth-order valence-corrected chi connectivity index (χ4v) is 3.18. The number of nitrogens with zero attached hydrogens (tertiary/aromatic N) is 2. The van der Waals surface area contributed by atoms with Crippen LogP contribution in [0.4, 0.5) is 0 Å². The van der Waals surface area contributed by atoms with Crippen LogP contribution in [-0.4, -0.2) is 43.3 Å². The van der Waals surface area contributed by atoms with E-state index in [-0.39, 0.29) is 5.91 Å². The number of carbonyl (C=O) groups is 1. The van der Waals surface area contributed by atoms with Crippen molar-refractivity contribution in [2.45, 2.75) is 27.4 Å². The molecule has 7 nitrogen and oxygen atoms in total. The molecule has 0 aliphatic rings. The fraction of sp³-hybridized carbons (Fsp3) is 0.308. The van der Waals surface area contributed by atoms with Crippen molar-refractivity contribution in [3.8, 4) is 17.2 Å². The number of likely N-dealkylation sites (N-methyl/N-ethyl adjacent to an activating group) is 1. The predicted octanol–water partition coefficient (Wildman–Crippen LogP) is 4.74. The molecule has 0 radical (unpaired) electrons. The molecule has 0 bridgehead atoms. The monoisotopic (exact) mass is 450 g/mol. The van der Waals surface area contributed by atoms with Crippen molar-refractivity contribution < 1.29 is 23.5 Å². The number of amides is 1. The highest BCUT2D eigenvalue weighted by Crippen LogP contribution is 2.30. The first-order valence-electron chi connectivity index (χ1n) is 10.7. The molecule has 0 atom stereocenters. The van der Waals surface area contributed by atoms with Gasteiger partial charge in [0.15, 0.2) is 11.5 Å². The molecule has 1 heterocycles. The Labute approximate surface area is 194 Å². The van der Waals surface area contributed by atoms with Crippen molar-refractivity contribution >= 4 is 12.0 Å². The van der Waals surface area contributed by atoms with E-state index in [1.165, 1.54) is 6.08 Å². The summed E-state index contributed by atoms with van der Waals surface area (Å²) in [6.07, 6.45) is 3.28. The molecular formula is C26H30N2O5. The quantitative estimate of drug-likeness (QED) is 0.416. The van der Waals surface area contributed by atoms with Crippen LogP contribution < -0.4 is 14.2 Å². The highest BCUT2D eigenvalue weighted by atomic mass is 16.5. The molecule has 0 saturated carbocycles. The molecule has 3 aromatic rings. The summed E-state index contributed by atoms with van der Waals surface area (Å²) in [6, 6.07) is 13.4. The zero-order valence-electron chi connectivity index (χ0n) is 19.8. The number of carbonyl (C=O) groups excluding carboxylic acids is 1. The minimum Gasteiger partial charge on any atom is -0.493 e. The lowest BCUT2D eigenvalue weighted by molar-refractivity contribution is -0.125. The normalized spacial score (nSPS) is 10.9. The van der Waals surface area contributed by atoms with Gasteiger partial charge in [-0.1, -0.05) is 23.4 Å². The summed E-state index contributed by atoms with van der Waals surface area (Å²) in [5.74, 6) is 2.61. The van der Waals surface area contributed by atoms with Crippen molar-refractivity contribution in [3.63, 3.8) is 0 Å². The number of benzene rings is 2. The summed E-state index contributed by atoms with van der Waals surface area (Å²) in [4.78, 5) is 14.1. The Morgan fingerprint density at radius 2 is 1.91 bits per heavy atom. The standard InChI is InChI=1S/C26H30N2O5/c1-18-7-6-8-22(15-18)31-14-13-28(4)26(29)12-10-21-9-11-24(25(16-21)30-5)32-17-23-19(2)27-33-20(23)3/h6-12,15-16H,13-14,17H2,1-5H3/b12-10+. The highest BCUT2D eigenvalue weighted by Gasteiger charge is 2.12. The van der Waals surface area contributed by atoms with E-state index in [9.17, 15) is 4.79 Å². The van der Waals surface area contributed by atoms with Gasteiger partial charge in [0.25, 0.3) is 0 Å². The Bertz CT molecular complexity index is 1100. The first kappa shape index (κ1) is 23.9. The lowest BCUT2D eigenvalue weighted by Crippen LogP contribution is -2.29. The number of hydrogen-bond donors (Lipinski definition) is 0. The predicted molar refractivity (Wildman–Crippen MR) is 127 cm³/mol. The maximum absolute atomic E-state index is 12.4. The summed E-state index contributed by atoms with van der Waals surface area (Å²) in [7, 11) is 3.33. The van der Waals surface area contributed by atoms with Crippen LogP contribution in [-0.2, 0) is 11.4 Å². The molecule has 0 spiro atoms. The summed E-state index contributed by atoms with van der Waals surface area (Å²) in [5.41, 5.74) is 3.68. The van der Waals surface area contributed by atoms with Crippen molar-refractivity contribution in [1.82, 2.24) is 10.1 Å². The molecule has 1 aromatic heterocycles. The summed E-state index contributed by atoms with van der Waals surface area (Å²) >= 11 is 0. The molecule has 0 fully saturated rings. The van der Waals surface area contributed by atoms with Gasteiger partial charge in [0.2, 0.25) is 5.91 Å². The SMILES string of the molecule is COc1cc(/C=C/C(=O)N(C)CCOc2cccc(C)c2)ccc1OCc1c(C)noc1C. The van der Waals surface area contributed by atoms with Crippen LogP contribution in [0.1, 0.15) is 28.1 Å². The second-order valence-corrected chi connectivity index (χ2v) is 7.76. The second-order valence-electron chi connectivity index (χ2n) is 7.76. The smallest absolute Gasteiger partial charge is 0.246 e. The first-order valence-corrected chi connectivity index (χ1v) is 10.7. The van der Waals surface area contributed by atoms with Gasteiger partial charge in [-0.2, -0.15) is 0 Å². The lowest BCUT2D eigenvalue weighted by Gasteiger charge is -2.16. The van der Waals surface area contributed by atoms with E-state index in [0.717, 1.165) is 33.9 Å². The van der Waals surface area contributed by atoms with Gasteiger partial charge in [0.05, 0.1) is 24.9 Å². The van der Waals surface area contributed by atoms with Crippen molar-refractivity contribution in [2.24, 2.45) is 0 Å². The average Bonchev–Trinajstić information content (AvgIpc) is 3.13. The molecule has 3 rings (SSSR count). The van der Waals surface area contributed by atoms with Gasteiger partial charge in [-0.25, -0.2) is 0 Å². The lowest BCUT2D eigenvalue weighted by atomic mass is 10.1. The van der Waals surface area contributed by atoms with E-state index in [0.29, 0.717) is 31.3 Å². The zero-order valence-corrected chi connectivity index (χ0v) is 19.8. The third-order valence-corrected chi connectivity index (χ3v) is 5.22. The molecule has 7 heteroatoms. The molecular weight excluding hydrogens is 420 g/mol. The molecule has 1 amide bonds. The average molecular weight is 451 g/mol. The van der Waals surface area contributed by atoms with Gasteiger partial charge >= 0.3 is 0 Å². The van der Waals surface area contributed by atoms with Crippen molar-refractivity contribution in [3.05, 3.63) is 76.7 Å². The van der Waals surface area contributed by atoms with Gasteiger partial charge in [-0.3, -0.25) is 4.79 Å². The van der Waals surface area contributed by atoms with Gasteiger partial charge in [-0.05, 0) is 62.2 Å². The number of hydrogen-bond acceptors (Lipinski definition) is 6. The first-order chi connectivity index (χ1) is 15.9. The van der Waals surface area contributed by atoms with Gasteiger partial charge < -0.3 is 23.6 Å². The zero-order chi connectivity index (χ0) is 23.8. The van der Waals surface area contributed by atoms with Crippen LogP contribution in [0.15, 0.2) is 53.1 Å². The number of rotatable bonds is 10. The third-order valence-electron chi connectivity index (χ3n) is 5.22. The van der Waals surface area contributed by atoms with Crippen LogP contribution in [0.2, 0.25) is 0 Å². The topological polar surface area (TPSA) is 74.0 Å². The second kappa shape index (κ2) is 11.2. The number of aromatic nitrogens is 1. The van der Waals surface area contributed by atoms with E-state index >= 15 is 0 Å². The molecule has 0 unspecified atom stereocenters. The molecule has 0 aliphatic heterocycles. The van der Waals surface area contributed by atoms with E-state index in [1.54, 1.807) is 25.1 Å². The minimum absolute atomic E-state index is 0.111. The molecule has 33 heavy (non-hydrogen) atoms. The van der Waals surface area contributed by atoms with Crippen LogP contribution in [0.25, 0.3) is 6.08 Å². The number of aryl methyl sites for hydroxylation is 3. The van der Waals surface area contributed by atoms with Gasteiger partial charge in [0, 0.05) is 13.1 Å². The van der Waals surface area contributed by atoms with E-state index in [2.05, 4.69) is 5.16 Å². The van der Waals surface area contributed by atoms with Crippen LogP contribution >= 0.6 is 0 Å². The molecule has 0 aliphatic carbocycles. The Morgan fingerprint density at radius 1 is 1.09 bits per heavy atom. The molecule has 0 N–H and O–H groups in total. The van der Waals surface area contributed by atoms with Crippen molar-refractivity contribution in [1.29, 1.82) is 0 Å². The number of ether oxygens (including phenoxy) is 3. The third kappa shape index (κ3) is 6.62. The fourth-order valence-electron chi connectivity index (χ4n) is 3.18. The number of methoxy groups -OCH3 is 1. The van der Waals surface area contributed by atoms with E-state index in [1.807, 2.05) is 63.2 Å². The molecule has 2 aromatic carbocycles. The maximum atomic E-state index is 12.4. The Balaban J connectivity index is 1.54. The Morgan fingerprint density at radius 3 is 2.61 bits per heavy atom. The van der Waals surface area contributed by atoms with Gasteiger partial charge in [-0.15, -0.1) is 0 Å². The summed E-state index contributed by atoms with van der Waals surface area (Å²) < 4.78 is 22.3. The van der Waals surface area contributed by atoms with E-state index < -0.39 is 0 Å². The van der Waals surface area contributed by atoms with Gasteiger partial charge in [0.1, 0.15) is 24.7 Å². The summed E-state index contributed by atoms with van der Waals surface area (Å²) in [6.45, 7) is 6.98. The Hall–Kier alpha value is -3.74. The van der Waals surface area contributed by atoms with Crippen LogP contribution in [0, 0.1) is 20.8 Å². The minimum atomic E-state index is -0.111. The largest absolute Gasteiger partial charge is 0.493 e. The van der Waals surface area contributed by atoms with Crippen LogP contribution in [0.5, 0.6) is 17.2 Å². The maximum Gasteiger partial charge on any atom is 0.246 e. The molecule has 0 saturated heterocycles. The van der Waals surface area contributed by atoms with Crippen molar-refractivity contribution in [2.75, 3.05) is 27.3 Å². The van der Waals surface area contributed by atoms with Crippen LogP contribution in [0.3, 0.4) is 0 Å².